The Labute approximate surface area is 155 Å². The van der Waals surface area contributed by atoms with Crippen LogP contribution in [0, 0.1) is 6.92 Å². The summed E-state index contributed by atoms with van der Waals surface area (Å²) < 4.78 is 22.1. The molecule has 26 heavy (non-hydrogen) atoms. The molecule has 138 valence electrons. The van der Waals surface area contributed by atoms with E-state index in [2.05, 4.69) is 8.76 Å². The molecule has 0 aliphatic carbocycles. The number of carbonyl (C=O) groups is 1. The van der Waals surface area contributed by atoms with Crippen LogP contribution in [-0.2, 0) is 9.92 Å². The van der Waals surface area contributed by atoms with Gasteiger partial charge in [0.05, 0.1) is 4.90 Å². The van der Waals surface area contributed by atoms with Crippen molar-refractivity contribution in [2.24, 2.45) is 8.76 Å². The maximum absolute atomic E-state index is 13.7. The molecule has 1 unspecified atom stereocenters. The van der Waals surface area contributed by atoms with E-state index in [1.165, 1.54) is 0 Å². The number of guanidine groups is 1. The molecular weight excluding hydrogens is 348 g/mol. The lowest BCUT2D eigenvalue weighted by Crippen LogP contribution is -2.36. The molecule has 2 aromatic carbocycles. The van der Waals surface area contributed by atoms with E-state index in [9.17, 15) is 9.00 Å². The number of hydrogen-bond donors (Lipinski definition) is 0. The number of rotatable bonds is 3. The highest BCUT2D eigenvalue weighted by atomic mass is 32.2. The van der Waals surface area contributed by atoms with E-state index in [1.807, 2.05) is 25.1 Å². The maximum Gasteiger partial charge on any atom is 0.286 e. The van der Waals surface area contributed by atoms with Gasteiger partial charge in [-0.15, -0.1) is 8.76 Å². The second kappa shape index (κ2) is 8.14. The third kappa shape index (κ3) is 4.70. The van der Waals surface area contributed by atoms with Crippen LogP contribution in [0.25, 0.3) is 0 Å². The Kier molecular flexibility index (Phi) is 6.15. The minimum Gasteiger partial charge on any atom is -0.348 e. The Morgan fingerprint density at radius 2 is 1.42 bits per heavy atom. The normalized spacial score (nSPS) is 12.7. The van der Waals surface area contributed by atoms with Gasteiger partial charge in [0.25, 0.3) is 5.91 Å². The first-order valence-electron chi connectivity index (χ1n) is 8.11. The molecule has 0 N–H and O–H groups in total. The van der Waals surface area contributed by atoms with Crippen molar-refractivity contribution in [3.63, 3.8) is 0 Å². The van der Waals surface area contributed by atoms with Gasteiger partial charge in [-0.25, -0.2) is 4.21 Å². The van der Waals surface area contributed by atoms with Crippen molar-refractivity contribution >= 4 is 21.8 Å². The Bertz CT molecular complexity index is 900. The van der Waals surface area contributed by atoms with Crippen molar-refractivity contribution in [1.82, 2.24) is 9.80 Å². The second-order valence-electron chi connectivity index (χ2n) is 6.25. The average molecular weight is 372 g/mol. The first-order chi connectivity index (χ1) is 12.2. The summed E-state index contributed by atoms with van der Waals surface area (Å²) in [6, 6.07) is 15.6. The maximum atomic E-state index is 13.7. The average Bonchev–Trinajstić information content (AvgIpc) is 2.60. The standard InChI is InChI=1S/C19H24N4O2S/c1-15-11-13-17(14-12-15)26(25,21-19(22(2)3)23(4)5)20-18(24)16-9-7-6-8-10-16/h6-14H,1-5H3. The Balaban J connectivity index is 2.68. The Morgan fingerprint density at radius 1 is 0.885 bits per heavy atom. The zero-order valence-corrected chi connectivity index (χ0v) is 16.5. The summed E-state index contributed by atoms with van der Waals surface area (Å²) >= 11 is 0. The molecule has 0 aromatic heterocycles. The van der Waals surface area contributed by atoms with Gasteiger partial charge in [0.15, 0.2) is 9.92 Å². The molecule has 0 heterocycles. The highest BCUT2D eigenvalue weighted by Gasteiger charge is 2.18. The number of benzene rings is 2. The van der Waals surface area contributed by atoms with Gasteiger partial charge in [-0.1, -0.05) is 35.9 Å². The second-order valence-corrected chi connectivity index (χ2v) is 8.08. The largest absolute Gasteiger partial charge is 0.348 e. The van der Waals surface area contributed by atoms with E-state index in [1.54, 1.807) is 74.4 Å². The summed E-state index contributed by atoms with van der Waals surface area (Å²) in [7, 11) is 3.85. The summed E-state index contributed by atoms with van der Waals surface area (Å²) in [5.74, 6) is -0.100. The number of amides is 1. The molecule has 0 bridgehead atoms. The predicted octanol–water partition coefficient (Wildman–Crippen LogP) is 3.06. The fourth-order valence-corrected chi connectivity index (χ4v) is 3.88. The Morgan fingerprint density at radius 3 is 1.92 bits per heavy atom. The molecule has 0 fully saturated rings. The van der Waals surface area contributed by atoms with Crippen LogP contribution in [0.15, 0.2) is 68.3 Å². The van der Waals surface area contributed by atoms with Gasteiger partial charge < -0.3 is 9.80 Å². The molecule has 1 amide bonds. The van der Waals surface area contributed by atoms with E-state index in [-0.39, 0.29) is 0 Å². The molecule has 2 aromatic rings. The van der Waals surface area contributed by atoms with Crippen molar-refractivity contribution < 1.29 is 9.00 Å². The van der Waals surface area contributed by atoms with Crippen LogP contribution in [0.5, 0.6) is 0 Å². The SMILES string of the molecule is Cc1ccc(S(=O)(N=C(N(C)C)N(C)C)=NC(=O)c2ccccc2)cc1. The molecule has 0 spiro atoms. The summed E-state index contributed by atoms with van der Waals surface area (Å²) in [5, 5.41) is 0. The van der Waals surface area contributed by atoms with Crippen LogP contribution in [0.3, 0.4) is 0 Å². The van der Waals surface area contributed by atoms with Gasteiger partial charge >= 0.3 is 0 Å². The molecule has 6 nitrogen and oxygen atoms in total. The van der Waals surface area contributed by atoms with Crippen LogP contribution in [-0.4, -0.2) is 54.1 Å². The monoisotopic (exact) mass is 372 g/mol. The van der Waals surface area contributed by atoms with Gasteiger partial charge in [-0.2, -0.15) is 0 Å². The summed E-state index contributed by atoms with van der Waals surface area (Å²) in [5.41, 5.74) is 1.40. The van der Waals surface area contributed by atoms with Crippen LogP contribution >= 0.6 is 0 Å². The van der Waals surface area contributed by atoms with Crippen molar-refractivity contribution in [3.8, 4) is 0 Å². The first kappa shape index (κ1) is 19.7. The van der Waals surface area contributed by atoms with Crippen molar-refractivity contribution in [2.45, 2.75) is 11.8 Å². The first-order valence-corrected chi connectivity index (χ1v) is 9.58. The zero-order chi connectivity index (χ0) is 19.3. The van der Waals surface area contributed by atoms with Crippen molar-refractivity contribution in [2.75, 3.05) is 28.2 Å². The lowest BCUT2D eigenvalue weighted by Gasteiger charge is -2.23. The smallest absolute Gasteiger partial charge is 0.286 e. The molecule has 1 atom stereocenters. The molecule has 0 saturated carbocycles. The topological polar surface area (TPSA) is 65.3 Å². The highest BCUT2D eigenvalue weighted by Crippen LogP contribution is 2.19. The van der Waals surface area contributed by atoms with Crippen LogP contribution in [0.1, 0.15) is 15.9 Å². The molecule has 0 saturated heterocycles. The number of nitrogens with zero attached hydrogens (tertiary/aromatic N) is 4. The van der Waals surface area contributed by atoms with Crippen LogP contribution in [0.4, 0.5) is 0 Å². The lowest BCUT2D eigenvalue weighted by atomic mass is 10.2. The Hall–Kier alpha value is -2.67. The van der Waals surface area contributed by atoms with Gasteiger partial charge in [-0.05, 0) is 31.2 Å². The van der Waals surface area contributed by atoms with Crippen molar-refractivity contribution in [1.29, 1.82) is 0 Å². The molecule has 0 aliphatic heterocycles. The van der Waals surface area contributed by atoms with Gasteiger partial charge in [0, 0.05) is 33.8 Å². The third-order valence-corrected chi connectivity index (χ3v) is 5.27. The number of hydrogen-bond acceptors (Lipinski definition) is 2. The fraction of sp³-hybridized carbons (Fsp3) is 0.263. The number of carbonyl (C=O) groups excluding carboxylic acids is 1. The van der Waals surface area contributed by atoms with E-state index in [4.69, 9.17) is 0 Å². The summed E-state index contributed by atoms with van der Waals surface area (Å²) in [6.07, 6.45) is 0. The van der Waals surface area contributed by atoms with Crippen LogP contribution in [0.2, 0.25) is 0 Å². The molecule has 0 aliphatic rings. The minimum absolute atomic E-state index is 0.374. The van der Waals surface area contributed by atoms with Gasteiger partial charge in [0.2, 0.25) is 5.96 Å². The quantitative estimate of drug-likeness (QED) is 0.613. The van der Waals surface area contributed by atoms with E-state index < -0.39 is 15.8 Å². The van der Waals surface area contributed by atoms with Gasteiger partial charge in [-0.3, -0.25) is 4.79 Å². The molecule has 7 heteroatoms. The third-order valence-electron chi connectivity index (χ3n) is 3.56. The van der Waals surface area contributed by atoms with Gasteiger partial charge in [0.1, 0.15) is 0 Å². The minimum atomic E-state index is -3.34. The van der Waals surface area contributed by atoms with Crippen LogP contribution < -0.4 is 0 Å². The molecule has 0 radical (unpaired) electrons. The zero-order valence-electron chi connectivity index (χ0n) is 15.7. The number of aryl methyl sites for hydroxylation is 1. The predicted molar refractivity (Wildman–Crippen MR) is 106 cm³/mol. The lowest BCUT2D eigenvalue weighted by molar-refractivity contribution is 0.100. The molecule has 2 rings (SSSR count). The van der Waals surface area contributed by atoms with E-state index >= 15 is 0 Å². The summed E-state index contributed by atoms with van der Waals surface area (Å²) in [6.45, 7) is 1.94. The molecular formula is C19H24N4O2S. The summed E-state index contributed by atoms with van der Waals surface area (Å²) in [4.78, 5) is 16.4. The van der Waals surface area contributed by atoms with Crippen molar-refractivity contribution in [3.05, 3.63) is 65.7 Å². The van der Waals surface area contributed by atoms with E-state index in [0.29, 0.717) is 16.4 Å². The van der Waals surface area contributed by atoms with E-state index in [0.717, 1.165) is 5.56 Å². The highest BCUT2D eigenvalue weighted by molar-refractivity contribution is 7.92. The fourth-order valence-electron chi connectivity index (χ4n) is 2.26.